The lowest BCUT2D eigenvalue weighted by molar-refractivity contribution is -0.131. The van der Waals surface area contributed by atoms with Crippen LogP contribution in [0.15, 0.2) is 72.1 Å². The van der Waals surface area contributed by atoms with Crippen molar-refractivity contribution in [1.29, 1.82) is 0 Å². The molecule has 2 aromatic rings. The summed E-state index contributed by atoms with van der Waals surface area (Å²) in [5.74, 6) is 0.0605. The first-order chi connectivity index (χ1) is 19.7. The molecule has 0 spiro atoms. The number of carbonyl (C=O) groups excluding carboxylic acids is 2. The van der Waals surface area contributed by atoms with Crippen LogP contribution in [0.3, 0.4) is 0 Å². The second-order valence-corrected chi connectivity index (χ2v) is 10.8. The summed E-state index contributed by atoms with van der Waals surface area (Å²) >= 11 is 0. The average Bonchev–Trinajstić information content (AvgIpc) is 2.98. The molecule has 1 fully saturated rings. The van der Waals surface area contributed by atoms with E-state index in [1.807, 2.05) is 36.4 Å². The Kier molecular flexibility index (Phi) is 14.7. The number of hydrogen-bond donors (Lipinski definition) is 0. The number of aromatic nitrogens is 2. The van der Waals surface area contributed by atoms with Crippen LogP contribution < -0.4 is 0 Å². The zero-order valence-corrected chi connectivity index (χ0v) is 24.4. The molecule has 1 saturated heterocycles. The maximum atomic E-state index is 13.3. The van der Waals surface area contributed by atoms with Crippen molar-refractivity contribution >= 4 is 23.8 Å². The van der Waals surface area contributed by atoms with Crippen LogP contribution in [0.5, 0.6) is 0 Å². The minimum atomic E-state index is -0.0404. The normalized spacial score (nSPS) is 15.9. The van der Waals surface area contributed by atoms with E-state index in [0.29, 0.717) is 30.7 Å². The van der Waals surface area contributed by atoms with Gasteiger partial charge >= 0.3 is 0 Å². The summed E-state index contributed by atoms with van der Waals surface area (Å²) < 4.78 is 0. The van der Waals surface area contributed by atoms with Crippen LogP contribution in [0.1, 0.15) is 108 Å². The van der Waals surface area contributed by atoms with Gasteiger partial charge in [-0.05, 0) is 68.5 Å². The predicted molar refractivity (Wildman–Crippen MR) is 165 cm³/mol. The topological polar surface area (TPSA) is 63.2 Å². The molecule has 0 radical (unpaired) electrons. The third kappa shape index (κ3) is 11.8. The minimum Gasteiger partial charge on any atom is -0.334 e. The monoisotopic (exact) mass is 541 g/mol. The standard InChI is InChI=1S/C35H47N3O2/c1-2-3-4-5-6-7-8-9-10-11-12-13-14-15-16-23-34(39)38-28-30(26-32-21-17-19-24-36-32)35(40)31(29-38)27-33-22-18-20-25-37-33/h9-10,17-22,24-27H,2-8,11-16,23,28-29H2,1H3/b10-9-,30-26+,31-27+. The fourth-order valence-electron chi connectivity index (χ4n) is 5.00. The van der Waals surface area contributed by atoms with E-state index in [1.165, 1.54) is 57.8 Å². The van der Waals surface area contributed by atoms with Gasteiger partial charge in [-0.25, -0.2) is 0 Å². The quantitative estimate of drug-likeness (QED) is 0.115. The minimum absolute atomic E-state index is 0.0404. The number of likely N-dealkylation sites (tertiary alicyclic amines) is 1. The first-order valence-corrected chi connectivity index (χ1v) is 15.4. The van der Waals surface area contributed by atoms with Crippen LogP contribution in [0.2, 0.25) is 0 Å². The van der Waals surface area contributed by atoms with E-state index in [9.17, 15) is 9.59 Å². The van der Waals surface area contributed by atoms with Gasteiger partial charge in [-0.15, -0.1) is 0 Å². The molecule has 0 aliphatic carbocycles. The van der Waals surface area contributed by atoms with Crippen molar-refractivity contribution in [2.24, 2.45) is 0 Å². The van der Waals surface area contributed by atoms with Crippen LogP contribution in [0, 0.1) is 0 Å². The molecular weight excluding hydrogens is 494 g/mol. The highest BCUT2D eigenvalue weighted by atomic mass is 16.2. The molecule has 0 aromatic carbocycles. The second-order valence-electron chi connectivity index (χ2n) is 10.8. The molecule has 1 aliphatic heterocycles. The number of rotatable bonds is 17. The Morgan fingerprint density at radius 2 is 1.23 bits per heavy atom. The van der Waals surface area contributed by atoms with Crippen molar-refractivity contribution in [3.8, 4) is 0 Å². The van der Waals surface area contributed by atoms with Gasteiger partial charge in [0.2, 0.25) is 5.91 Å². The summed E-state index contributed by atoms with van der Waals surface area (Å²) in [4.78, 5) is 36.9. The van der Waals surface area contributed by atoms with Gasteiger partial charge in [0.25, 0.3) is 0 Å². The summed E-state index contributed by atoms with van der Waals surface area (Å²) in [5, 5.41) is 0. The van der Waals surface area contributed by atoms with Gasteiger partial charge in [-0.3, -0.25) is 19.6 Å². The van der Waals surface area contributed by atoms with Gasteiger partial charge in [0, 0.05) is 43.1 Å². The van der Waals surface area contributed by atoms with E-state index in [1.54, 1.807) is 29.4 Å². The Morgan fingerprint density at radius 1 is 0.725 bits per heavy atom. The summed E-state index contributed by atoms with van der Waals surface area (Å²) in [6, 6.07) is 11.2. The zero-order chi connectivity index (χ0) is 28.3. The van der Waals surface area contributed by atoms with Crippen molar-refractivity contribution in [3.63, 3.8) is 0 Å². The number of Topliss-reactive ketones (excluding diaryl/α,β-unsaturated/α-hetero) is 1. The van der Waals surface area contributed by atoms with Crippen LogP contribution in [0.25, 0.3) is 12.2 Å². The van der Waals surface area contributed by atoms with Gasteiger partial charge < -0.3 is 4.90 Å². The number of allylic oxidation sites excluding steroid dienone is 2. The lowest BCUT2D eigenvalue weighted by Gasteiger charge is -2.30. The highest BCUT2D eigenvalue weighted by Gasteiger charge is 2.29. The predicted octanol–water partition coefficient (Wildman–Crippen LogP) is 8.39. The Morgan fingerprint density at radius 3 is 1.73 bits per heavy atom. The first-order valence-electron chi connectivity index (χ1n) is 15.4. The van der Waals surface area contributed by atoms with Gasteiger partial charge in [0.05, 0.1) is 11.4 Å². The van der Waals surface area contributed by atoms with Crippen molar-refractivity contribution in [2.75, 3.05) is 13.1 Å². The van der Waals surface area contributed by atoms with Crippen LogP contribution in [-0.4, -0.2) is 39.6 Å². The SMILES string of the molecule is CCCCCCCC/C=C\CCCCCCCC(=O)N1C/C(=C\c2ccccn2)C(=O)/C(=C/c2ccccn2)C1. The van der Waals surface area contributed by atoms with Gasteiger partial charge in [0.1, 0.15) is 0 Å². The number of unbranched alkanes of at least 4 members (excludes halogenated alkanes) is 11. The van der Waals surface area contributed by atoms with Gasteiger partial charge in [-0.2, -0.15) is 0 Å². The highest BCUT2D eigenvalue weighted by Crippen LogP contribution is 2.22. The van der Waals surface area contributed by atoms with Crippen LogP contribution in [0.4, 0.5) is 0 Å². The number of amides is 1. The summed E-state index contributed by atoms with van der Waals surface area (Å²) in [5.41, 5.74) is 2.61. The molecule has 5 heteroatoms. The molecule has 3 heterocycles. The van der Waals surface area contributed by atoms with Crippen molar-refractivity contribution in [1.82, 2.24) is 14.9 Å². The zero-order valence-electron chi connectivity index (χ0n) is 24.4. The highest BCUT2D eigenvalue weighted by molar-refractivity contribution is 6.15. The number of pyridine rings is 2. The Labute approximate surface area is 241 Å². The van der Waals surface area contributed by atoms with Gasteiger partial charge in [0.15, 0.2) is 5.78 Å². The second kappa shape index (κ2) is 18.9. The number of carbonyl (C=O) groups is 2. The average molecular weight is 542 g/mol. The molecule has 1 amide bonds. The third-order valence-electron chi connectivity index (χ3n) is 7.33. The molecule has 40 heavy (non-hydrogen) atoms. The Balaban J connectivity index is 1.41. The molecule has 0 saturated carbocycles. The molecule has 3 rings (SSSR count). The first kappa shape index (κ1) is 31.2. The van der Waals surface area contributed by atoms with Crippen molar-refractivity contribution in [3.05, 3.63) is 83.5 Å². The maximum absolute atomic E-state index is 13.3. The summed E-state index contributed by atoms with van der Waals surface area (Å²) in [7, 11) is 0. The smallest absolute Gasteiger partial charge is 0.223 e. The fraction of sp³-hybridized carbons (Fsp3) is 0.486. The van der Waals surface area contributed by atoms with E-state index in [4.69, 9.17) is 0 Å². The lowest BCUT2D eigenvalue weighted by Crippen LogP contribution is -2.41. The largest absolute Gasteiger partial charge is 0.334 e. The molecule has 2 aromatic heterocycles. The number of piperidine rings is 1. The number of hydrogen-bond acceptors (Lipinski definition) is 4. The summed E-state index contributed by atoms with van der Waals surface area (Å²) in [6.07, 6.45) is 28.3. The van der Waals surface area contributed by atoms with E-state index in [2.05, 4.69) is 29.0 Å². The molecule has 214 valence electrons. The molecule has 0 N–H and O–H groups in total. The number of ketones is 1. The maximum Gasteiger partial charge on any atom is 0.223 e. The van der Waals surface area contributed by atoms with Crippen LogP contribution in [-0.2, 0) is 9.59 Å². The summed E-state index contributed by atoms with van der Waals surface area (Å²) in [6.45, 7) is 2.90. The van der Waals surface area contributed by atoms with Gasteiger partial charge in [-0.1, -0.05) is 82.6 Å². The molecule has 0 bridgehead atoms. The Bertz CT molecular complexity index is 1040. The fourth-order valence-corrected chi connectivity index (χ4v) is 5.00. The Hall–Kier alpha value is -3.34. The molecular formula is C35H47N3O2. The van der Waals surface area contributed by atoms with Crippen molar-refractivity contribution in [2.45, 2.75) is 96.8 Å². The number of nitrogens with zero attached hydrogens (tertiary/aromatic N) is 3. The van der Waals surface area contributed by atoms with E-state index < -0.39 is 0 Å². The van der Waals surface area contributed by atoms with E-state index in [-0.39, 0.29) is 11.7 Å². The third-order valence-corrected chi connectivity index (χ3v) is 7.33. The van der Waals surface area contributed by atoms with E-state index in [0.717, 1.165) is 37.1 Å². The van der Waals surface area contributed by atoms with E-state index >= 15 is 0 Å². The van der Waals surface area contributed by atoms with Crippen LogP contribution >= 0.6 is 0 Å². The molecule has 5 nitrogen and oxygen atoms in total. The molecule has 0 unspecified atom stereocenters. The van der Waals surface area contributed by atoms with Crippen molar-refractivity contribution < 1.29 is 9.59 Å². The molecule has 0 atom stereocenters. The lowest BCUT2D eigenvalue weighted by atomic mass is 9.95. The molecule has 1 aliphatic rings.